The number of carboxylic acid groups (broad SMARTS) is 1. The van der Waals surface area contributed by atoms with Crippen molar-refractivity contribution in [1.82, 2.24) is 15.3 Å². The first-order valence-electron chi connectivity index (χ1n) is 10.9. The first-order chi connectivity index (χ1) is 17.8. The van der Waals surface area contributed by atoms with Gasteiger partial charge in [0.2, 0.25) is 5.96 Å². The van der Waals surface area contributed by atoms with Crippen LogP contribution >= 0.6 is 11.6 Å². The maximum atomic E-state index is 13.5. The van der Waals surface area contributed by atoms with Gasteiger partial charge in [-0.15, -0.1) is 0 Å². The van der Waals surface area contributed by atoms with E-state index in [9.17, 15) is 19.1 Å². The summed E-state index contributed by atoms with van der Waals surface area (Å²) in [6, 6.07) is 12.7. The summed E-state index contributed by atoms with van der Waals surface area (Å²) in [5, 5.41) is 18.2. The molecule has 4 N–H and O–H groups in total. The van der Waals surface area contributed by atoms with Crippen molar-refractivity contribution in [2.45, 2.75) is 13.0 Å². The summed E-state index contributed by atoms with van der Waals surface area (Å²) in [6.07, 6.45) is 1.29. The van der Waals surface area contributed by atoms with Crippen LogP contribution in [0, 0.1) is 5.82 Å². The van der Waals surface area contributed by atoms with Crippen molar-refractivity contribution >= 4 is 52.4 Å². The Bertz CT molecular complexity index is 1620. The number of fused-ring (bicyclic) bond motifs is 1. The molecule has 10 nitrogen and oxygen atoms in total. The fourth-order valence-corrected chi connectivity index (χ4v) is 4.06. The number of guanidine groups is 1. The van der Waals surface area contributed by atoms with Crippen LogP contribution in [0.1, 0.15) is 28.9 Å². The van der Waals surface area contributed by atoms with Crippen molar-refractivity contribution in [2.75, 3.05) is 10.6 Å². The zero-order chi connectivity index (χ0) is 26.1. The molecule has 186 valence electrons. The molecule has 5 rings (SSSR count). The number of benzene rings is 2. The summed E-state index contributed by atoms with van der Waals surface area (Å²) >= 11 is 6.46. The first-order valence-corrected chi connectivity index (χ1v) is 11.3. The van der Waals surface area contributed by atoms with E-state index in [1.54, 1.807) is 31.2 Å². The molecule has 0 fully saturated rings. The minimum Gasteiger partial charge on any atom is -0.478 e. The Morgan fingerprint density at radius 2 is 1.97 bits per heavy atom. The number of aliphatic imine (C=N–C) groups is 1. The average molecular weight is 521 g/mol. The largest absolute Gasteiger partial charge is 0.478 e. The lowest BCUT2D eigenvalue weighted by atomic mass is 9.95. The third-order valence-electron chi connectivity index (χ3n) is 5.51. The topological polar surface area (TPSA) is 142 Å². The van der Waals surface area contributed by atoms with Gasteiger partial charge in [0, 0.05) is 28.5 Å². The third kappa shape index (κ3) is 4.98. The SMILES string of the molecule is CC1=C(C(=O)Nc2cc(C(=O)O)ccn2)[C@H](c2ccccc2Cl)N=C(Nc2nc3ccc(F)cc3o2)N1. The number of anilines is 2. The number of carboxylic acids is 1. The second-order valence-electron chi connectivity index (χ2n) is 8.01. The van der Waals surface area contributed by atoms with Gasteiger partial charge in [-0.2, -0.15) is 4.98 Å². The smallest absolute Gasteiger partial charge is 0.335 e. The van der Waals surface area contributed by atoms with Crippen LogP contribution in [-0.4, -0.2) is 32.9 Å². The number of allylic oxidation sites excluding steroid dienone is 1. The Kier molecular flexibility index (Phi) is 6.28. The van der Waals surface area contributed by atoms with Gasteiger partial charge in [0.25, 0.3) is 5.91 Å². The van der Waals surface area contributed by atoms with Gasteiger partial charge in [0.05, 0.1) is 11.1 Å². The van der Waals surface area contributed by atoms with Gasteiger partial charge < -0.3 is 20.2 Å². The van der Waals surface area contributed by atoms with Crippen LogP contribution in [0.2, 0.25) is 5.02 Å². The molecule has 0 spiro atoms. The maximum Gasteiger partial charge on any atom is 0.335 e. The molecule has 3 heterocycles. The van der Waals surface area contributed by atoms with Crippen molar-refractivity contribution in [3.8, 4) is 0 Å². The summed E-state index contributed by atoms with van der Waals surface area (Å²) in [4.78, 5) is 37.6. The van der Waals surface area contributed by atoms with Gasteiger partial charge in [-0.3, -0.25) is 10.1 Å². The predicted octanol–water partition coefficient (Wildman–Crippen LogP) is 4.74. The molecule has 12 heteroatoms. The Morgan fingerprint density at radius 1 is 1.16 bits per heavy atom. The second kappa shape index (κ2) is 9.70. The van der Waals surface area contributed by atoms with Gasteiger partial charge in [0.15, 0.2) is 5.58 Å². The number of hydrogen-bond acceptors (Lipinski definition) is 8. The molecule has 1 aliphatic rings. The molecule has 37 heavy (non-hydrogen) atoms. The number of hydrogen-bond donors (Lipinski definition) is 4. The van der Waals surface area contributed by atoms with E-state index in [0.717, 1.165) is 0 Å². The Morgan fingerprint density at radius 3 is 2.76 bits per heavy atom. The Labute approximate surface area is 213 Å². The molecule has 0 unspecified atom stereocenters. The van der Waals surface area contributed by atoms with Gasteiger partial charge in [-0.05, 0) is 37.3 Å². The lowest BCUT2D eigenvalue weighted by molar-refractivity contribution is -0.113. The van der Waals surface area contributed by atoms with Gasteiger partial charge in [-0.25, -0.2) is 19.2 Å². The van der Waals surface area contributed by atoms with E-state index in [2.05, 4.69) is 30.9 Å². The molecule has 2 aromatic heterocycles. The number of carbonyl (C=O) groups is 2. The quantitative estimate of drug-likeness (QED) is 0.295. The predicted molar refractivity (Wildman–Crippen MR) is 135 cm³/mol. The fraction of sp³-hybridized carbons (Fsp3) is 0.0800. The standard InChI is InChI=1S/C25H18ClFN6O4/c1-12-20(22(34)31-19-10-13(23(35)36)8-9-28-19)21(15-4-2-3-5-16(15)26)32-24(29-12)33-25-30-17-7-6-14(27)11-18(17)37-25/h2-11,21H,1H3,(H,35,36)(H,28,31,34)(H2,29,30,32,33)/t21-/m0/s1. The number of aromatic nitrogens is 2. The van der Waals surface area contributed by atoms with Gasteiger partial charge in [-0.1, -0.05) is 29.8 Å². The number of amides is 1. The van der Waals surface area contributed by atoms with Crippen molar-refractivity contribution in [3.63, 3.8) is 0 Å². The highest BCUT2D eigenvalue weighted by Gasteiger charge is 2.31. The molecule has 2 aromatic carbocycles. The molecule has 0 bridgehead atoms. The number of oxazole rings is 1. The second-order valence-corrected chi connectivity index (χ2v) is 8.42. The number of rotatable bonds is 5. The molecule has 0 aliphatic carbocycles. The van der Waals surface area contributed by atoms with Crippen molar-refractivity contribution in [1.29, 1.82) is 0 Å². The highest BCUT2D eigenvalue weighted by Crippen LogP contribution is 2.35. The van der Waals surface area contributed by atoms with E-state index in [-0.39, 0.29) is 34.5 Å². The molecule has 4 aromatic rings. The van der Waals surface area contributed by atoms with E-state index < -0.39 is 23.7 Å². The summed E-state index contributed by atoms with van der Waals surface area (Å²) in [5.74, 6) is -1.87. The lowest BCUT2D eigenvalue weighted by Gasteiger charge is -2.26. The first kappa shape index (κ1) is 23.9. The van der Waals surface area contributed by atoms with E-state index in [0.29, 0.717) is 21.8 Å². The summed E-state index contributed by atoms with van der Waals surface area (Å²) in [6.45, 7) is 1.68. The molecule has 1 atom stereocenters. The minimum absolute atomic E-state index is 0.0249. The monoisotopic (exact) mass is 520 g/mol. The molecule has 0 radical (unpaired) electrons. The Hall–Kier alpha value is -4.77. The molecule has 1 amide bonds. The highest BCUT2D eigenvalue weighted by atomic mass is 35.5. The van der Waals surface area contributed by atoms with Crippen LogP contribution in [0.3, 0.4) is 0 Å². The number of nitrogens with one attached hydrogen (secondary N) is 3. The van der Waals surface area contributed by atoms with Crippen LogP contribution in [0.4, 0.5) is 16.2 Å². The summed E-state index contributed by atoms with van der Waals surface area (Å²) < 4.78 is 19.1. The summed E-state index contributed by atoms with van der Waals surface area (Å²) in [7, 11) is 0. The number of nitrogens with zero attached hydrogens (tertiary/aromatic N) is 3. The lowest BCUT2D eigenvalue weighted by Crippen LogP contribution is -2.37. The number of halogens is 2. The summed E-state index contributed by atoms with van der Waals surface area (Å²) in [5.41, 5.74) is 1.91. The van der Waals surface area contributed by atoms with Crippen LogP contribution in [0.25, 0.3) is 11.1 Å². The highest BCUT2D eigenvalue weighted by molar-refractivity contribution is 6.31. The number of aromatic carboxylic acids is 1. The van der Waals surface area contributed by atoms with Crippen LogP contribution < -0.4 is 16.0 Å². The average Bonchev–Trinajstić information content (AvgIpc) is 3.25. The van der Waals surface area contributed by atoms with Crippen LogP contribution in [0.15, 0.2) is 81.5 Å². The van der Waals surface area contributed by atoms with E-state index >= 15 is 0 Å². The number of carbonyl (C=O) groups excluding carboxylic acids is 1. The van der Waals surface area contributed by atoms with E-state index in [1.165, 1.54) is 36.5 Å². The van der Waals surface area contributed by atoms with Gasteiger partial charge in [0.1, 0.15) is 23.2 Å². The van der Waals surface area contributed by atoms with Gasteiger partial charge >= 0.3 is 12.0 Å². The molecular weight excluding hydrogens is 503 g/mol. The molecular formula is C25H18ClFN6O4. The maximum absolute atomic E-state index is 13.5. The Balaban J connectivity index is 1.48. The van der Waals surface area contributed by atoms with Crippen molar-refractivity contribution in [3.05, 3.63) is 94.0 Å². The van der Waals surface area contributed by atoms with Crippen molar-refractivity contribution < 1.29 is 23.5 Å². The third-order valence-corrected chi connectivity index (χ3v) is 5.85. The molecule has 1 aliphatic heterocycles. The fourth-order valence-electron chi connectivity index (χ4n) is 3.82. The van der Waals surface area contributed by atoms with Crippen LogP contribution in [0.5, 0.6) is 0 Å². The minimum atomic E-state index is -1.15. The number of pyridine rings is 1. The van der Waals surface area contributed by atoms with Crippen LogP contribution in [-0.2, 0) is 4.79 Å². The molecule has 0 saturated carbocycles. The zero-order valence-electron chi connectivity index (χ0n) is 19.1. The zero-order valence-corrected chi connectivity index (χ0v) is 19.9. The van der Waals surface area contributed by atoms with E-state index in [4.69, 9.17) is 16.0 Å². The normalized spacial score (nSPS) is 15.2. The van der Waals surface area contributed by atoms with E-state index in [1.807, 2.05) is 0 Å². The molecule has 0 saturated heterocycles. The van der Waals surface area contributed by atoms with Crippen molar-refractivity contribution in [2.24, 2.45) is 4.99 Å².